The minimum atomic E-state index is -0.395. The van der Waals surface area contributed by atoms with Crippen LogP contribution in [0.2, 0.25) is 0 Å². The van der Waals surface area contributed by atoms with E-state index in [1.165, 1.54) is 21.9 Å². The molecular weight excluding hydrogens is 260 g/mol. The molecule has 1 rings (SSSR count). The molecule has 110 valence electrons. The molecule has 0 saturated heterocycles. The van der Waals surface area contributed by atoms with Crippen LogP contribution in [0.3, 0.4) is 0 Å². The van der Waals surface area contributed by atoms with Crippen molar-refractivity contribution in [3.05, 3.63) is 23.8 Å². The first kappa shape index (κ1) is 15.8. The predicted octanol–water partition coefficient (Wildman–Crippen LogP) is 1.04. The molecule has 0 heterocycles. The molecule has 0 fully saturated rings. The van der Waals surface area contributed by atoms with Gasteiger partial charge in [0.15, 0.2) is 0 Å². The Morgan fingerprint density at radius 1 is 1.10 bits per heavy atom. The van der Waals surface area contributed by atoms with Crippen molar-refractivity contribution < 1.29 is 19.8 Å². The van der Waals surface area contributed by atoms with Gasteiger partial charge in [-0.15, -0.1) is 0 Å². The van der Waals surface area contributed by atoms with Crippen molar-refractivity contribution in [2.24, 2.45) is 0 Å². The largest absolute Gasteiger partial charge is 0.508 e. The summed E-state index contributed by atoms with van der Waals surface area (Å²) in [7, 11) is 3.24. The highest BCUT2D eigenvalue weighted by Crippen LogP contribution is 2.21. The quantitative estimate of drug-likeness (QED) is 0.844. The molecule has 1 aromatic carbocycles. The number of hydrogen-bond acceptors (Lipinski definition) is 4. The first-order chi connectivity index (χ1) is 9.35. The van der Waals surface area contributed by atoms with E-state index in [-0.39, 0.29) is 29.5 Å². The van der Waals surface area contributed by atoms with Gasteiger partial charge in [0.1, 0.15) is 18.0 Å². The number of aromatic hydroxyl groups is 2. The highest BCUT2D eigenvalue weighted by atomic mass is 16.3. The number of hydrogen-bond donors (Lipinski definition) is 2. The lowest BCUT2D eigenvalue weighted by atomic mass is 10.1. The van der Waals surface area contributed by atoms with Gasteiger partial charge in [0.2, 0.25) is 5.91 Å². The summed E-state index contributed by atoms with van der Waals surface area (Å²) in [4.78, 5) is 26.9. The molecule has 1 aromatic rings. The number of nitrogens with zero attached hydrogens (tertiary/aromatic N) is 2. The lowest BCUT2D eigenvalue weighted by Crippen LogP contribution is -2.40. The first-order valence-electron chi connectivity index (χ1n) is 6.37. The molecule has 0 atom stereocenters. The summed E-state index contributed by atoms with van der Waals surface area (Å²) in [6.07, 6.45) is 0.706. The van der Waals surface area contributed by atoms with E-state index < -0.39 is 5.91 Å². The van der Waals surface area contributed by atoms with Crippen molar-refractivity contribution in [3.63, 3.8) is 0 Å². The normalized spacial score (nSPS) is 10.2. The zero-order chi connectivity index (χ0) is 15.3. The molecule has 2 amide bonds. The standard InChI is InChI=1S/C14H20N2O4/c1-4-5-16(9-13(19)15(2)3)14(20)10-6-11(17)8-12(18)7-10/h6-8,17-18H,4-5,9H2,1-3H3. The maximum atomic E-state index is 12.3. The topological polar surface area (TPSA) is 81.1 Å². The third kappa shape index (κ3) is 4.15. The second-order valence-corrected chi connectivity index (χ2v) is 4.75. The van der Waals surface area contributed by atoms with Crippen LogP contribution in [-0.2, 0) is 4.79 Å². The molecule has 2 N–H and O–H groups in total. The van der Waals surface area contributed by atoms with Crippen LogP contribution in [0.5, 0.6) is 11.5 Å². The van der Waals surface area contributed by atoms with Crippen molar-refractivity contribution in [2.75, 3.05) is 27.2 Å². The fraction of sp³-hybridized carbons (Fsp3) is 0.429. The van der Waals surface area contributed by atoms with Crippen LogP contribution in [0.4, 0.5) is 0 Å². The van der Waals surface area contributed by atoms with Crippen LogP contribution in [0.25, 0.3) is 0 Å². The van der Waals surface area contributed by atoms with Crippen molar-refractivity contribution in [2.45, 2.75) is 13.3 Å². The van der Waals surface area contributed by atoms with Gasteiger partial charge in [-0.05, 0) is 18.6 Å². The molecule has 0 saturated carbocycles. The van der Waals surface area contributed by atoms with Gasteiger partial charge >= 0.3 is 0 Å². The molecule has 0 bridgehead atoms. The van der Waals surface area contributed by atoms with Gasteiger partial charge in [-0.25, -0.2) is 0 Å². The fourth-order valence-corrected chi connectivity index (χ4v) is 1.73. The third-order valence-corrected chi connectivity index (χ3v) is 2.76. The van der Waals surface area contributed by atoms with E-state index in [9.17, 15) is 19.8 Å². The summed E-state index contributed by atoms with van der Waals surface area (Å²) in [6, 6.07) is 3.68. The lowest BCUT2D eigenvalue weighted by molar-refractivity contribution is -0.129. The van der Waals surface area contributed by atoms with Crippen LogP contribution >= 0.6 is 0 Å². The second kappa shape index (κ2) is 6.79. The number of carbonyl (C=O) groups is 2. The zero-order valence-corrected chi connectivity index (χ0v) is 12.0. The maximum absolute atomic E-state index is 12.3. The van der Waals surface area contributed by atoms with Gasteiger partial charge in [0.05, 0.1) is 0 Å². The Bertz CT molecular complexity index is 480. The summed E-state index contributed by atoms with van der Waals surface area (Å²) in [5, 5.41) is 18.8. The Balaban J connectivity index is 2.95. The van der Waals surface area contributed by atoms with Crippen LogP contribution < -0.4 is 0 Å². The average molecular weight is 280 g/mol. The van der Waals surface area contributed by atoms with E-state index in [0.29, 0.717) is 13.0 Å². The van der Waals surface area contributed by atoms with Crippen LogP contribution in [-0.4, -0.2) is 59.0 Å². The molecule has 6 heteroatoms. The highest BCUT2D eigenvalue weighted by Gasteiger charge is 2.20. The molecule has 6 nitrogen and oxygen atoms in total. The number of phenolic OH excluding ortho intramolecular Hbond substituents is 2. The Labute approximate surface area is 118 Å². The number of likely N-dealkylation sites (N-methyl/N-ethyl adjacent to an activating group) is 1. The Morgan fingerprint density at radius 3 is 2.10 bits per heavy atom. The Hall–Kier alpha value is -2.24. The molecule has 20 heavy (non-hydrogen) atoms. The predicted molar refractivity (Wildman–Crippen MR) is 74.7 cm³/mol. The summed E-state index contributed by atoms with van der Waals surface area (Å²) >= 11 is 0. The van der Waals surface area contributed by atoms with E-state index in [1.54, 1.807) is 14.1 Å². The summed E-state index contributed by atoms with van der Waals surface area (Å²) in [5.74, 6) is -0.961. The third-order valence-electron chi connectivity index (χ3n) is 2.76. The molecule has 0 spiro atoms. The van der Waals surface area contributed by atoms with Gasteiger partial charge < -0.3 is 20.0 Å². The Kier molecular flexibility index (Phi) is 5.37. The van der Waals surface area contributed by atoms with Crippen LogP contribution in [0.15, 0.2) is 18.2 Å². The SMILES string of the molecule is CCCN(CC(=O)N(C)C)C(=O)c1cc(O)cc(O)c1. The summed E-state index contributed by atoms with van der Waals surface area (Å²) in [5.41, 5.74) is 0.155. The summed E-state index contributed by atoms with van der Waals surface area (Å²) < 4.78 is 0. The number of rotatable bonds is 5. The number of amides is 2. The van der Waals surface area contributed by atoms with Gasteiger partial charge in [0.25, 0.3) is 5.91 Å². The van der Waals surface area contributed by atoms with E-state index in [1.807, 2.05) is 6.92 Å². The van der Waals surface area contributed by atoms with E-state index in [0.717, 1.165) is 6.07 Å². The van der Waals surface area contributed by atoms with E-state index in [2.05, 4.69) is 0 Å². The molecule has 0 aliphatic carbocycles. The van der Waals surface area contributed by atoms with Crippen molar-refractivity contribution >= 4 is 11.8 Å². The van der Waals surface area contributed by atoms with Gasteiger partial charge in [-0.3, -0.25) is 9.59 Å². The number of phenols is 2. The molecule has 0 aliphatic rings. The maximum Gasteiger partial charge on any atom is 0.254 e. The smallest absolute Gasteiger partial charge is 0.254 e. The van der Waals surface area contributed by atoms with Gasteiger partial charge in [-0.1, -0.05) is 6.92 Å². The average Bonchev–Trinajstić information content (AvgIpc) is 2.35. The van der Waals surface area contributed by atoms with Crippen LogP contribution in [0.1, 0.15) is 23.7 Å². The summed E-state index contributed by atoms with van der Waals surface area (Å²) in [6.45, 7) is 2.30. The van der Waals surface area contributed by atoms with Gasteiger partial charge in [0, 0.05) is 32.3 Å². The van der Waals surface area contributed by atoms with Gasteiger partial charge in [-0.2, -0.15) is 0 Å². The molecule has 0 radical (unpaired) electrons. The Morgan fingerprint density at radius 2 is 1.65 bits per heavy atom. The first-order valence-corrected chi connectivity index (χ1v) is 6.37. The minimum Gasteiger partial charge on any atom is -0.508 e. The van der Waals surface area contributed by atoms with E-state index >= 15 is 0 Å². The molecule has 0 aliphatic heterocycles. The van der Waals surface area contributed by atoms with E-state index in [4.69, 9.17) is 0 Å². The number of benzene rings is 1. The van der Waals surface area contributed by atoms with Crippen molar-refractivity contribution in [3.8, 4) is 11.5 Å². The van der Waals surface area contributed by atoms with Crippen LogP contribution in [0, 0.1) is 0 Å². The molecule has 0 unspecified atom stereocenters. The lowest BCUT2D eigenvalue weighted by Gasteiger charge is -2.23. The fourth-order valence-electron chi connectivity index (χ4n) is 1.73. The van der Waals surface area contributed by atoms with Crippen molar-refractivity contribution in [1.82, 2.24) is 9.80 Å². The highest BCUT2D eigenvalue weighted by molar-refractivity contribution is 5.97. The molecular formula is C14H20N2O4. The van der Waals surface area contributed by atoms with Crippen molar-refractivity contribution in [1.29, 1.82) is 0 Å². The number of carbonyl (C=O) groups excluding carboxylic acids is 2. The monoisotopic (exact) mass is 280 g/mol. The minimum absolute atomic E-state index is 0.0317. The second-order valence-electron chi connectivity index (χ2n) is 4.75. The zero-order valence-electron chi connectivity index (χ0n) is 12.0. The molecule has 0 aromatic heterocycles.